The molecule has 2 rings (SSSR count). The SMILES string of the molecule is O=CC1CCCN1CC(=O)c1ccccc1. The van der Waals surface area contributed by atoms with Crippen molar-refractivity contribution in [2.24, 2.45) is 0 Å². The summed E-state index contributed by atoms with van der Waals surface area (Å²) in [6.07, 6.45) is 2.84. The highest BCUT2D eigenvalue weighted by Crippen LogP contribution is 2.15. The minimum absolute atomic E-state index is 0.0623. The summed E-state index contributed by atoms with van der Waals surface area (Å²) in [5, 5.41) is 0. The minimum Gasteiger partial charge on any atom is -0.302 e. The Hall–Kier alpha value is -1.48. The lowest BCUT2D eigenvalue weighted by molar-refractivity contribution is -0.111. The quantitative estimate of drug-likeness (QED) is 0.567. The van der Waals surface area contributed by atoms with E-state index in [9.17, 15) is 9.59 Å². The Balaban J connectivity index is 2.00. The second-order valence-electron chi connectivity index (χ2n) is 4.11. The second kappa shape index (κ2) is 5.03. The smallest absolute Gasteiger partial charge is 0.176 e. The lowest BCUT2D eigenvalue weighted by Gasteiger charge is -2.18. The van der Waals surface area contributed by atoms with E-state index in [0.717, 1.165) is 31.2 Å². The van der Waals surface area contributed by atoms with Crippen LogP contribution in [0.5, 0.6) is 0 Å². The number of benzene rings is 1. The van der Waals surface area contributed by atoms with Crippen LogP contribution in [-0.4, -0.2) is 36.1 Å². The maximum absolute atomic E-state index is 11.9. The third-order valence-electron chi connectivity index (χ3n) is 3.01. The van der Waals surface area contributed by atoms with Gasteiger partial charge in [0, 0.05) is 5.56 Å². The van der Waals surface area contributed by atoms with Crippen LogP contribution < -0.4 is 0 Å². The summed E-state index contributed by atoms with van der Waals surface area (Å²) >= 11 is 0. The summed E-state index contributed by atoms with van der Waals surface area (Å²) in [4.78, 5) is 24.6. The fourth-order valence-electron chi connectivity index (χ4n) is 2.10. The zero-order valence-corrected chi connectivity index (χ0v) is 9.13. The first-order valence-electron chi connectivity index (χ1n) is 5.59. The third-order valence-corrected chi connectivity index (χ3v) is 3.01. The first-order valence-corrected chi connectivity index (χ1v) is 5.59. The molecular formula is C13H15NO2. The van der Waals surface area contributed by atoms with Gasteiger partial charge in [-0.05, 0) is 19.4 Å². The zero-order valence-electron chi connectivity index (χ0n) is 9.13. The molecule has 0 aliphatic carbocycles. The standard InChI is InChI=1S/C13H15NO2/c15-10-12-7-4-8-14(12)9-13(16)11-5-2-1-3-6-11/h1-3,5-6,10,12H,4,7-9H2. The van der Waals surface area contributed by atoms with Crippen LogP contribution in [0, 0.1) is 0 Å². The predicted molar refractivity (Wildman–Crippen MR) is 61.4 cm³/mol. The second-order valence-corrected chi connectivity index (χ2v) is 4.11. The molecule has 3 heteroatoms. The maximum atomic E-state index is 11.9. The lowest BCUT2D eigenvalue weighted by atomic mass is 10.1. The van der Waals surface area contributed by atoms with Crippen molar-refractivity contribution in [3.63, 3.8) is 0 Å². The third kappa shape index (κ3) is 2.36. The van der Waals surface area contributed by atoms with Gasteiger partial charge in [0.2, 0.25) is 0 Å². The van der Waals surface area contributed by atoms with Crippen molar-refractivity contribution in [1.82, 2.24) is 4.90 Å². The average molecular weight is 217 g/mol. The number of rotatable bonds is 4. The molecule has 84 valence electrons. The Morgan fingerprint density at radius 1 is 1.38 bits per heavy atom. The minimum atomic E-state index is -0.0623. The number of ketones is 1. The average Bonchev–Trinajstić information content (AvgIpc) is 2.77. The summed E-state index contributed by atoms with van der Waals surface area (Å²) < 4.78 is 0. The molecule has 0 bridgehead atoms. The largest absolute Gasteiger partial charge is 0.302 e. The van der Waals surface area contributed by atoms with Gasteiger partial charge in [-0.1, -0.05) is 30.3 Å². The monoisotopic (exact) mass is 217 g/mol. The number of nitrogens with zero attached hydrogens (tertiary/aromatic N) is 1. The van der Waals surface area contributed by atoms with Gasteiger partial charge >= 0.3 is 0 Å². The summed E-state index contributed by atoms with van der Waals surface area (Å²) in [6, 6.07) is 9.17. The molecule has 1 fully saturated rings. The fraction of sp³-hybridized carbons (Fsp3) is 0.385. The van der Waals surface area contributed by atoms with Crippen LogP contribution in [0.25, 0.3) is 0 Å². The molecule has 16 heavy (non-hydrogen) atoms. The molecule has 1 saturated heterocycles. The topological polar surface area (TPSA) is 37.4 Å². The maximum Gasteiger partial charge on any atom is 0.176 e. The van der Waals surface area contributed by atoms with E-state index >= 15 is 0 Å². The molecule has 0 spiro atoms. The van der Waals surface area contributed by atoms with Crippen molar-refractivity contribution >= 4 is 12.1 Å². The van der Waals surface area contributed by atoms with Gasteiger partial charge in [0.15, 0.2) is 5.78 Å². The van der Waals surface area contributed by atoms with Crippen LogP contribution in [0.3, 0.4) is 0 Å². The molecule has 0 N–H and O–H groups in total. The van der Waals surface area contributed by atoms with Crippen molar-refractivity contribution in [3.8, 4) is 0 Å². The van der Waals surface area contributed by atoms with E-state index in [-0.39, 0.29) is 11.8 Å². The number of carbonyl (C=O) groups is 2. The molecule has 0 aromatic heterocycles. The highest BCUT2D eigenvalue weighted by molar-refractivity contribution is 5.97. The fourth-order valence-corrected chi connectivity index (χ4v) is 2.10. The van der Waals surface area contributed by atoms with Gasteiger partial charge in [0.1, 0.15) is 6.29 Å². The van der Waals surface area contributed by atoms with E-state index in [4.69, 9.17) is 0 Å². The Morgan fingerprint density at radius 2 is 2.12 bits per heavy atom. The van der Waals surface area contributed by atoms with Crippen LogP contribution in [0.4, 0.5) is 0 Å². The van der Waals surface area contributed by atoms with Crippen molar-refractivity contribution in [3.05, 3.63) is 35.9 Å². The molecule has 1 aliphatic rings. The first-order chi connectivity index (χ1) is 7.81. The molecule has 0 radical (unpaired) electrons. The Kier molecular flexibility index (Phi) is 3.47. The zero-order chi connectivity index (χ0) is 11.4. The van der Waals surface area contributed by atoms with E-state index in [1.165, 1.54) is 0 Å². The number of aldehydes is 1. The summed E-state index contributed by atoms with van der Waals surface area (Å²) in [7, 11) is 0. The molecule has 1 aromatic rings. The van der Waals surface area contributed by atoms with E-state index in [2.05, 4.69) is 0 Å². The van der Waals surface area contributed by atoms with Crippen molar-refractivity contribution in [1.29, 1.82) is 0 Å². The first kappa shape index (κ1) is 11.0. The number of carbonyl (C=O) groups excluding carboxylic acids is 2. The van der Waals surface area contributed by atoms with E-state index in [1.54, 1.807) is 0 Å². The number of Topliss-reactive ketones (excluding diaryl/α,β-unsaturated/α-hetero) is 1. The molecular weight excluding hydrogens is 202 g/mol. The van der Waals surface area contributed by atoms with Gasteiger partial charge in [0.05, 0.1) is 12.6 Å². The Labute approximate surface area is 95.1 Å². The lowest BCUT2D eigenvalue weighted by Crippen LogP contribution is -2.35. The Bertz CT molecular complexity index is 375. The molecule has 0 saturated carbocycles. The van der Waals surface area contributed by atoms with Gasteiger partial charge in [-0.3, -0.25) is 9.69 Å². The normalized spacial score (nSPS) is 20.9. The summed E-state index contributed by atoms with van der Waals surface area (Å²) in [6.45, 7) is 1.20. The van der Waals surface area contributed by atoms with Gasteiger partial charge < -0.3 is 4.79 Å². The van der Waals surface area contributed by atoms with Gasteiger partial charge in [-0.2, -0.15) is 0 Å². The van der Waals surface area contributed by atoms with Crippen LogP contribution in [0.15, 0.2) is 30.3 Å². The van der Waals surface area contributed by atoms with Crippen LogP contribution >= 0.6 is 0 Å². The van der Waals surface area contributed by atoms with Crippen molar-refractivity contribution in [2.75, 3.05) is 13.1 Å². The van der Waals surface area contributed by atoms with Gasteiger partial charge in [-0.25, -0.2) is 0 Å². The molecule has 1 unspecified atom stereocenters. The molecule has 0 amide bonds. The Morgan fingerprint density at radius 3 is 2.81 bits per heavy atom. The molecule has 1 aromatic carbocycles. The van der Waals surface area contributed by atoms with Crippen LogP contribution in [-0.2, 0) is 4.79 Å². The van der Waals surface area contributed by atoms with Crippen molar-refractivity contribution < 1.29 is 9.59 Å². The van der Waals surface area contributed by atoms with Gasteiger partial charge in [-0.15, -0.1) is 0 Å². The van der Waals surface area contributed by atoms with Crippen LogP contribution in [0.1, 0.15) is 23.2 Å². The van der Waals surface area contributed by atoms with Crippen molar-refractivity contribution in [2.45, 2.75) is 18.9 Å². The predicted octanol–water partition coefficient (Wildman–Crippen LogP) is 1.53. The summed E-state index contributed by atoms with van der Waals surface area (Å²) in [5.41, 5.74) is 0.721. The molecule has 1 aliphatic heterocycles. The molecule has 3 nitrogen and oxygen atoms in total. The summed E-state index contributed by atoms with van der Waals surface area (Å²) in [5.74, 6) is 0.0920. The molecule has 1 heterocycles. The highest BCUT2D eigenvalue weighted by atomic mass is 16.1. The van der Waals surface area contributed by atoms with E-state index in [1.807, 2.05) is 35.2 Å². The highest BCUT2D eigenvalue weighted by Gasteiger charge is 2.25. The van der Waals surface area contributed by atoms with E-state index in [0.29, 0.717) is 6.54 Å². The van der Waals surface area contributed by atoms with E-state index < -0.39 is 0 Å². The number of hydrogen-bond acceptors (Lipinski definition) is 3. The number of hydrogen-bond donors (Lipinski definition) is 0. The number of likely N-dealkylation sites (tertiary alicyclic amines) is 1. The molecule has 1 atom stereocenters. The van der Waals surface area contributed by atoms with Gasteiger partial charge in [0.25, 0.3) is 0 Å². The van der Waals surface area contributed by atoms with Crippen LogP contribution in [0.2, 0.25) is 0 Å².